The highest BCUT2D eigenvalue weighted by molar-refractivity contribution is 5.93. The number of hydrogen-bond acceptors (Lipinski definition) is 3. The molecule has 5 heteroatoms. The van der Waals surface area contributed by atoms with Crippen molar-refractivity contribution < 1.29 is 19.4 Å². The molecule has 14 heavy (non-hydrogen) atoms. The first kappa shape index (κ1) is 9.45. The third kappa shape index (κ3) is 1.87. The van der Waals surface area contributed by atoms with Gasteiger partial charge in [-0.15, -0.1) is 0 Å². The fourth-order valence-corrected chi connectivity index (χ4v) is 2.06. The average molecular weight is 199 g/mol. The van der Waals surface area contributed by atoms with Crippen LogP contribution >= 0.6 is 0 Å². The third-order valence-electron chi connectivity index (χ3n) is 2.70. The van der Waals surface area contributed by atoms with Gasteiger partial charge in [0, 0.05) is 13.1 Å². The van der Waals surface area contributed by atoms with Gasteiger partial charge in [0.05, 0.1) is 12.2 Å². The second-order valence-corrected chi connectivity index (χ2v) is 3.83. The van der Waals surface area contributed by atoms with E-state index in [-0.39, 0.29) is 18.1 Å². The zero-order chi connectivity index (χ0) is 10.1. The number of hydrogen-bond donors (Lipinski definition) is 1. The number of aliphatic carboxylic acids is 1. The van der Waals surface area contributed by atoms with E-state index in [1.807, 2.05) is 0 Å². The van der Waals surface area contributed by atoms with Crippen LogP contribution in [-0.2, 0) is 14.3 Å². The summed E-state index contributed by atoms with van der Waals surface area (Å²) >= 11 is 0. The van der Waals surface area contributed by atoms with Gasteiger partial charge < -0.3 is 14.7 Å². The summed E-state index contributed by atoms with van der Waals surface area (Å²) in [4.78, 5) is 23.4. The van der Waals surface area contributed by atoms with Crippen LogP contribution in [0.4, 0.5) is 0 Å². The number of rotatable bonds is 2. The van der Waals surface area contributed by atoms with Gasteiger partial charge in [-0.25, -0.2) is 0 Å². The Hall–Kier alpha value is -1.10. The van der Waals surface area contributed by atoms with E-state index in [2.05, 4.69) is 0 Å². The minimum Gasteiger partial charge on any atom is -0.481 e. The Morgan fingerprint density at radius 3 is 2.36 bits per heavy atom. The van der Waals surface area contributed by atoms with Crippen LogP contribution in [-0.4, -0.2) is 47.2 Å². The molecule has 2 rings (SSSR count). The Kier molecular flexibility index (Phi) is 2.41. The molecule has 5 nitrogen and oxygen atoms in total. The minimum absolute atomic E-state index is 0.131. The van der Waals surface area contributed by atoms with Crippen molar-refractivity contribution in [2.75, 3.05) is 13.1 Å². The maximum absolute atomic E-state index is 11.4. The molecular weight excluding hydrogens is 186 g/mol. The van der Waals surface area contributed by atoms with Gasteiger partial charge in [-0.1, -0.05) is 0 Å². The Labute approximate surface area is 81.6 Å². The van der Waals surface area contributed by atoms with Gasteiger partial charge >= 0.3 is 5.97 Å². The average Bonchev–Trinajstić information content (AvgIpc) is 2.44. The summed E-state index contributed by atoms with van der Waals surface area (Å²) in [6.07, 6.45) is 1.83. The van der Waals surface area contributed by atoms with Crippen LogP contribution in [0.25, 0.3) is 0 Å². The highest BCUT2D eigenvalue weighted by Crippen LogP contribution is 2.26. The Morgan fingerprint density at radius 2 is 1.86 bits per heavy atom. The first-order valence-electron chi connectivity index (χ1n) is 4.80. The molecule has 2 atom stereocenters. The second kappa shape index (κ2) is 3.57. The van der Waals surface area contributed by atoms with E-state index in [9.17, 15) is 9.59 Å². The summed E-state index contributed by atoms with van der Waals surface area (Å²) < 4.78 is 5.54. The van der Waals surface area contributed by atoms with Crippen molar-refractivity contribution in [3.8, 4) is 0 Å². The summed E-state index contributed by atoms with van der Waals surface area (Å²) in [5, 5.41) is 8.48. The summed E-state index contributed by atoms with van der Waals surface area (Å²) in [7, 11) is 0. The summed E-state index contributed by atoms with van der Waals surface area (Å²) in [6, 6.07) is 0. The van der Waals surface area contributed by atoms with Crippen LogP contribution in [0.1, 0.15) is 19.3 Å². The van der Waals surface area contributed by atoms with Gasteiger partial charge in [0.15, 0.2) is 0 Å². The number of ether oxygens (including phenoxy) is 1. The molecule has 1 amide bonds. The molecular formula is C9H13NO4. The summed E-state index contributed by atoms with van der Waals surface area (Å²) in [5.74, 6) is -1.36. The maximum Gasteiger partial charge on any atom is 0.312 e. The molecule has 0 aromatic carbocycles. The Balaban J connectivity index is 1.92. The number of morpholine rings is 1. The van der Waals surface area contributed by atoms with Crippen molar-refractivity contribution in [3.05, 3.63) is 0 Å². The van der Waals surface area contributed by atoms with Gasteiger partial charge in [-0.05, 0) is 12.8 Å². The van der Waals surface area contributed by atoms with E-state index < -0.39 is 12.4 Å². The molecule has 0 aromatic heterocycles. The lowest BCUT2D eigenvalue weighted by Gasteiger charge is -2.31. The molecule has 2 aliphatic rings. The predicted octanol–water partition coefficient (Wildman–Crippen LogP) is -0.149. The molecule has 0 spiro atoms. The van der Waals surface area contributed by atoms with Crippen molar-refractivity contribution in [1.29, 1.82) is 0 Å². The van der Waals surface area contributed by atoms with Crippen LogP contribution < -0.4 is 0 Å². The molecule has 0 aromatic rings. The van der Waals surface area contributed by atoms with E-state index in [0.717, 1.165) is 12.8 Å². The molecule has 2 fully saturated rings. The highest BCUT2D eigenvalue weighted by Gasteiger charge is 2.35. The van der Waals surface area contributed by atoms with Crippen molar-refractivity contribution in [3.63, 3.8) is 0 Å². The Morgan fingerprint density at radius 1 is 1.29 bits per heavy atom. The topological polar surface area (TPSA) is 66.8 Å². The zero-order valence-corrected chi connectivity index (χ0v) is 7.81. The minimum atomic E-state index is -1.06. The van der Waals surface area contributed by atoms with E-state index in [1.165, 1.54) is 0 Å². The van der Waals surface area contributed by atoms with Gasteiger partial charge in [0.1, 0.15) is 6.42 Å². The van der Waals surface area contributed by atoms with Gasteiger partial charge in [-0.2, -0.15) is 0 Å². The summed E-state index contributed by atoms with van der Waals surface area (Å²) in [5.41, 5.74) is 0. The molecule has 0 aliphatic carbocycles. The number of likely N-dealkylation sites (tertiary alicyclic amines) is 1. The molecule has 2 saturated heterocycles. The number of carbonyl (C=O) groups is 2. The molecule has 2 unspecified atom stereocenters. The lowest BCUT2D eigenvalue weighted by atomic mass is 10.2. The fourth-order valence-electron chi connectivity index (χ4n) is 2.06. The summed E-state index contributed by atoms with van der Waals surface area (Å²) in [6.45, 7) is 1.12. The number of carbonyl (C=O) groups excluding carboxylic acids is 1. The van der Waals surface area contributed by atoms with Crippen molar-refractivity contribution in [2.45, 2.75) is 31.5 Å². The zero-order valence-electron chi connectivity index (χ0n) is 7.81. The van der Waals surface area contributed by atoms with Crippen LogP contribution in [0.3, 0.4) is 0 Å². The lowest BCUT2D eigenvalue weighted by molar-refractivity contribution is -0.148. The SMILES string of the molecule is O=C(O)CC(=O)N1CC2CCC(C1)O2. The normalized spacial score (nSPS) is 30.4. The van der Waals surface area contributed by atoms with Gasteiger partial charge in [0.2, 0.25) is 5.91 Å². The second-order valence-electron chi connectivity index (χ2n) is 3.83. The third-order valence-corrected chi connectivity index (χ3v) is 2.70. The highest BCUT2D eigenvalue weighted by atomic mass is 16.5. The number of fused-ring (bicyclic) bond motifs is 2. The molecule has 2 bridgehead atoms. The molecule has 0 radical (unpaired) electrons. The van der Waals surface area contributed by atoms with E-state index in [1.54, 1.807) is 4.90 Å². The molecule has 2 aliphatic heterocycles. The number of carboxylic acid groups (broad SMARTS) is 1. The van der Waals surface area contributed by atoms with Gasteiger partial charge in [0.25, 0.3) is 0 Å². The van der Waals surface area contributed by atoms with Crippen molar-refractivity contribution >= 4 is 11.9 Å². The monoisotopic (exact) mass is 199 g/mol. The maximum atomic E-state index is 11.4. The first-order chi connectivity index (χ1) is 6.65. The smallest absolute Gasteiger partial charge is 0.312 e. The quantitative estimate of drug-likeness (QED) is 0.628. The molecule has 1 N–H and O–H groups in total. The lowest BCUT2D eigenvalue weighted by Crippen LogP contribution is -2.46. The van der Waals surface area contributed by atoms with E-state index in [4.69, 9.17) is 9.84 Å². The van der Waals surface area contributed by atoms with Gasteiger partial charge in [-0.3, -0.25) is 9.59 Å². The predicted molar refractivity (Wildman–Crippen MR) is 46.7 cm³/mol. The Bertz CT molecular complexity index is 254. The number of nitrogens with zero attached hydrogens (tertiary/aromatic N) is 1. The van der Waals surface area contributed by atoms with E-state index in [0.29, 0.717) is 13.1 Å². The number of carboxylic acids is 1. The molecule has 2 heterocycles. The van der Waals surface area contributed by atoms with Crippen LogP contribution in [0.15, 0.2) is 0 Å². The van der Waals surface area contributed by atoms with Crippen molar-refractivity contribution in [2.24, 2.45) is 0 Å². The molecule has 78 valence electrons. The first-order valence-corrected chi connectivity index (χ1v) is 4.80. The number of amides is 1. The molecule has 0 saturated carbocycles. The largest absolute Gasteiger partial charge is 0.481 e. The van der Waals surface area contributed by atoms with E-state index >= 15 is 0 Å². The van der Waals surface area contributed by atoms with Crippen LogP contribution in [0.5, 0.6) is 0 Å². The van der Waals surface area contributed by atoms with Crippen LogP contribution in [0, 0.1) is 0 Å². The van der Waals surface area contributed by atoms with Crippen LogP contribution in [0.2, 0.25) is 0 Å². The standard InChI is InChI=1S/C9H13NO4/c11-8(3-9(12)13)10-4-6-1-2-7(5-10)14-6/h6-7H,1-5H2,(H,12,13). The van der Waals surface area contributed by atoms with Crippen molar-refractivity contribution in [1.82, 2.24) is 4.90 Å². The fraction of sp³-hybridized carbons (Fsp3) is 0.778.